The average Bonchev–Trinajstić information content (AvgIpc) is 2.67. The molecule has 5 heteroatoms. The topological polar surface area (TPSA) is 54.5 Å². The number of Topliss-reactive ketones (excluding diaryl/α,β-unsaturated/α-hetero) is 1. The lowest BCUT2D eigenvalue weighted by Gasteiger charge is -2.52. The Morgan fingerprint density at radius 3 is 2.41 bits per heavy atom. The van der Waals surface area contributed by atoms with Crippen molar-refractivity contribution in [3.05, 3.63) is 77.9 Å². The van der Waals surface area contributed by atoms with Crippen LogP contribution in [0.15, 0.2) is 71.6 Å². The quantitative estimate of drug-likeness (QED) is 0.760. The number of aryl methyl sites for hydroxylation is 1. The average molecular weight is 381 g/mol. The molecule has 140 valence electrons. The van der Waals surface area contributed by atoms with E-state index < -0.39 is 15.6 Å². The van der Waals surface area contributed by atoms with Gasteiger partial charge in [-0.2, -0.15) is 4.31 Å². The largest absolute Gasteiger partial charge is 0.299 e. The van der Waals surface area contributed by atoms with Crippen LogP contribution in [0.1, 0.15) is 30.4 Å². The number of rotatable bonds is 3. The number of ketones is 1. The van der Waals surface area contributed by atoms with Crippen molar-refractivity contribution < 1.29 is 13.2 Å². The predicted octanol–water partition coefficient (Wildman–Crippen LogP) is 3.82. The monoisotopic (exact) mass is 381 g/mol. The molecule has 1 aliphatic heterocycles. The van der Waals surface area contributed by atoms with Crippen LogP contribution in [0.2, 0.25) is 0 Å². The number of hydrogen-bond acceptors (Lipinski definition) is 3. The maximum atomic E-state index is 13.6. The van der Waals surface area contributed by atoms with Crippen LogP contribution in [-0.4, -0.2) is 25.1 Å². The molecule has 1 aliphatic carbocycles. The Bertz CT molecular complexity index is 996. The van der Waals surface area contributed by atoms with Crippen LogP contribution in [0, 0.1) is 12.8 Å². The normalized spacial score (nSPS) is 26.2. The van der Waals surface area contributed by atoms with E-state index in [1.807, 2.05) is 49.4 Å². The molecule has 2 atom stereocenters. The molecule has 2 fully saturated rings. The fourth-order valence-electron chi connectivity index (χ4n) is 4.41. The Labute approximate surface area is 160 Å². The van der Waals surface area contributed by atoms with Crippen molar-refractivity contribution in [1.82, 2.24) is 4.31 Å². The maximum absolute atomic E-state index is 13.6. The molecule has 2 aromatic rings. The number of piperidine rings is 1. The van der Waals surface area contributed by atoms with Gasteiger partial charge in [0.1, 0.15) is 5.78 Å². The molecule has 1 unspecified atom stereocenters. The minimum Gasteiger partial charge on any atom is -0.299 e. The summed E-state index contributed by atoms with van der Waals surface area (Å²) in [5.74, 6) is -0.0811. The van der Waals surface area contributed by atoms with Gasteiger partial charge in [0.2, 0.25) is 10.0 Å². The molecule has 4 nitrogen and oxygen atoms in total. The molecule has 1 saturated heterocycles. The van der Waals surface area contributed by atoms with Crippen LogP contribution in [0.3, 0.4) is 0 Å². The van der Waals surface area contributed by atoms with Gasteiger partial charge in [0, 0.05) is 18.9 Å². The lowest BCUT2D eigenvalue weighted by molar-refractivity contribution is -0.127. The zero-order valence-electron chi connectivity index (χ0n) is 15.4. The summed E-state index contributed by atoms with van der Waals surface area (Å²) in [5.41, 5.74) is 1.95. The molecular weight excluding hydrogens is 358 g/mol. The van der Waals surface area contributed by atoms with E-state index >= 15 is 0 Å². The first kappa shape index (κ1) is 18.1. The van der Waals surface area contributed by atoms with Crippen molar-refractivity contribution in [1.29, 1.82) is 0 Å². The Morgan fingerprint density at radius 1 is 1.07 bits per heavy atom. The van der Waals surface area contributed by atoms with E-state index in [0.717, 1.165) is 11.1 Å². The molecule has 2 aromatic carbocycles. The van der Waals surface area contributed by atoms with Crippen molar-refractivity contribution in [2.75, 3.05) is 6.54 Å². The first-order valence-electron chi connectivity index (χ1n) is 9.20. The molecule has 27 heavy (non-hydrogen) atoms. The predicted molar refractivity (Wildman–Crippen MR) is 105 cm³/mol. The van der Waals surface area contributed by atoms with E-state index in [1.165, 1.54) is 0 Å². The Hall–Kier alpha value is -2.24. The van der Waals surface area contributed by atoms with Gasteiger partial charge in [0.15, 0.2) is 0 Å². The lowest BCUT2D eigenvalue weighted by Crippen LogP contribution is -2.58. The first-order chi connectivity index (χ1) is 12.8. The minimum atomic E-state index is -3.73. The molecule has 0 radical (unpaired) electrons. The summed E-state index contributed by atoms with van der Waals surface area (Å²) in [7, 11) is -3.73. The number of hydrogen-bond donors (Lipinski definition) is 0. The molecule has 0 aromatic heterocycles. The molecule has 0 spiro atoms. The summed E-state index contributed by atoms with van der Waals surface area (Å²) in [5, 5.41) is 0. The molecule has 0 amide bonds. The summed E-state index contributed by atoms with van der Waals surface area (Å²) in [4.78, 5) is 12.7. The van der Waals surface area contributed by atoms with Gasteiger partial charge in [-0.1, -0.05) is 60.2 Å². The number of carbonyl (C=O) groups excluding carboxylic acids is 1. The highest BCUT2D eigenvalue weighted by atomic mass is 32.2. The van der Waals surface area contributed by atoms with Gasteiger partial charge < -0.3 is 0 Å². The highest BCUT2D eigenvalue weighted by Gasteiger charge is 2.54. The van der Waals surface area contributed by atoms with Gasteiger partial charge in [0.25, 0.3) is 0 Å². The smallest absolute Gasteiger partial charge is 0.244 e. The van der Waals surface area contributed by atoms with Crippen LogP contribution < -0.4 is 0 Å². The van der Waals surface area contributed by atoms with E-state index in [4.69, 9.17) is 0 Å². The second kappa shape index (κ2) is 6.43. The molecule has 2 aliphatic rings. The van der Waals surface area contributed by atoms with Gasteiger partial charge in [0.05, 0.1) is 10.4 Å². The van der Waals surface area contributed by atoms with E-state index in [1.54, 1.807) is 16.4 Å². The van der Waals surface area contributed by atoms with Crippen molar-refractivity contribution in [2.45, 2.75) is 36.6 Å². The summed E-state index contributed by atoms with van der Waals surface area (Å²) < 4.78 is 28.8. The summed E-state index contributed by atoms with van der Waals surface area (Å²) in [6, 6.07) is 16.7. The second-order valence-corrected chi connectivity index (χ2v) is 9.47. The third-order valence-electron chi connectivity index (χ3n) is 5.95. The fourth-order valence-corrected chi connectivity index (χ4v) is 6.21. The molecule has 1 heterocycles. The number of sulfonamides is 1. The Morgan fingerprint density at radius 2 is 1.74 bits per heavy atom. The zero-order chi connectivity index (χ0) is 19.2. The third kappa shape index (κ3) is 2.86. The summed E-state index contributed by atoms with van der Waals surface area (Å²) in [6.07, 6.45) is 1.35. The third-order valence-corrected chi connectivity index (χ3v) is 7.88. The first-order valence-corrected chi connectivity index (χ1v) is 10.6. The zero-order valence-corrected chi connectivity index (χ0v) is 16.2. The van der Waals surface area contributed by atoms with E-state index in [0.29, 0.717) is 24.8 Å². The molecule has 1 saturated carbocycles. The lowest BCUT2D eigenvalue weighted by atomic mass is 9.66. The van der Waals surface area contributed by atoms with Crippen LogP contribution in [0.25, 0.3) is 0 Å². The maximum Gasteiger partial charge on any atom is 0.244 e. The van der Waals surface area contributed by atoms with Crippen molar-refractivity contribution >= 4 is 15.8 Å². The number of fused-ring (bicyclic) bond motifs is 2. The molecular formula is C22H23NO3S. The van der Waals surface area contributed by atoms with Crippen molar-refractivity contribution in [2.24, 2.45) is 5.92 Å². The number of carbonyl (C=O) groups is 1. The summed E-state index contributed by atoms with van der Waals surface area (Å²) in [6.45, 7) is 6.17. The summed E-state index contributed by atoms with van der Waals surface area (Å²) >= 11 is 0. The van der Waals surface area contributed by atoms with Gasteiger partial charge >= 0.3 is 0 Å². The molecule has 2 bridgehead atoms. The van der Waals surface area contributed by atoms with E-state index in [2.05, 4.69) is 6.58 Å². The van der Waals surface area contributed by atoms with Crippen LogP contribution >= 0.6 is 0 Å². The van der Waals surface area contributed by atoms with E-state index in [9.17, 15) is 13.2 Å². The van der Waals surface area contributed by atoms with Crippen molar-refractivity contribution in [3.8, 4) is 0 Å². The van der Waals surface area contributed by atoms with Gasteiger partial charge in [-0.3, -0.25) is 4.79 Å². The second-order valence-electron chi connectivity index (χ2n) is 7.60. The van der Waals surface area contributed by atoms with E-state index in [-0.39, 0.29) is 23.1 Å². The van der Waals surface area contributed by atoms with Crippen LogP contribution in [0.5, 0.6) is 0 Å². The van der Waals surface area contributed by atoms with Crippen LogP contribution in [-0.2, 0) is 20.4 Å². The van der Waals surface area contributed by atoms with Crippen molar-refractivity contribution in [3.63, 3.8) is 0 Å². The minimum absolute atomic E-state index is 0.180. The SMILES string of the molecule is C=C1CN(S(=O)(=O)c2ccc(C)cc2)[C@]2(c3ccccc3)CCC(=O)C1C2. The van der Waals surface area contributed by atoms with Gasteiger partial charge in [-0.25, -0.2) is 8.42 Å². The Balaban J connectivity index is 1.88. The number of nitrogens with zero attached hydrogens (tertiary/aromatic N) is 1. The standard InChI is InChI=1S/C22H23NO3S/c1-16-8-10-19(11-9-16)27(25,26)23-15-17(2)20-14-22(23,13-12-21(20)24)18-6-4-3-5-7-18/h3-11,20H,2,12-15H2,1H3/t20?,22-/m1/s1. The fraction of sp³-hybridized carbons (Fsp3) is 0.318. The van der Waals surface area contributed by atoms with Crippen LogP contribution in [0.4, 0.5) is 0 Å². The highest BCUT2D eigenvalue weighted by molar-refractivity contribution is 7.89. The highest BCUT2D eigenvalue weighted by Crippen LogP contribution is 2.51. The number of benzene rings is 2. The molecule has 0 N–H and O–H groups in total. The van der Waals surface area contributed by atoms with Gasteiger partial charge in [-0.15, -0.1) is 0 Å². The Kier molecular flexibility index (Phi) is 4.32. The van der Waals surface area contributed by atoms with Gasteiger partial charge in [-0.05, 0) is 37.5 Å². The molecule has 4 rings (SSSR count).